The number of nitrogens with zero attached hydrogens (tertiary/aromatic N) is 1. The highest BCUT2D eigenvalue weighted by Crippen LogP contribution is 2.12. The highest BCUT2D eigenvalue weighted by atomic mass is 16.4. The lowest BCUT2D eigenvalue weighted by atomic mass is 9.98. The van der Waals surface area contributed by atoms with Crippen molar-refractivity contribution >= 4 is 71.0 Å². The molecule has 23 heteroatoms. The summed E-state index contributed by atoms with van der Waals surface area (Å²) in [7, 11) is 0. The molecule has 0 bridgehead atoms. The van der Waals surface area contributed by atoms with Crippen LogP contribution >= 0.6 is 0 Å². The van der Waals surface area contributed by atoms with Crippen molar-refractivity contribution in [1.82, 2.24) is 36.8 Å². The van der Waals surface area contributed by atoms with Crippen LogP contribution in [-0.2, 0) is 57.5 Å². The van der Waals surface area contributed by atoms with Gasteiger partial charge < -0.3 is 57.2 Å². The van der Waals surface area contributed by atoms with Gasteiger partial charge in [0.15, 0.2) is 0 Å². The van der Waals surface area contributed by atoms with Gasteiger partial charge in [-0.3, -0.25) is 57.5 Å². The summed E-state index contributed by atoms with van der Waals surface area (Å²) in [5.41, 5.74) is 0. The second-order valence-electron chi connectivity index (χ2n) is 13.9. The Morgan fingerprint density at radius 2 is 1.03 bits per heavy atom. The van der Waals surface area contributed by atoms with Crippen molar-refractivity contribution in [3.05, 3.63) is 0 Å². The Bertz CT molecular complexity index is 1550. The number of amides is 7. The van der Waals surface area contributed by atoms with Gasteiger partial charge in [-0.15, -0.1) is 0 Å². The molecule has 0 saturated heterocycles. The third-order valence-corrected chi connectivity index (χ3v) is 8.19. The van der Waals surface area contributed by atoms with E-state index in [0.717, 1.165) is 11.8 Å². The lowest BCUT2D eigenvalue weighted by molar-refractivity contribution is -0.144. The molecule has 326 valence electrons. The van der Waals surface area contributed by atoms with E-state index in [1.54, 1.807) is 6.92 Å². The molecule has 0 saturated carbocycles. The predicted octanol–water partition coefficient (Wildman–Crippen LogP) is -2.65. The van der Waals surface area contributed by atoms with E-state index >= 15 is 0 Å². The van der Waals surface area contributed by atoms with Gasteiger partial charge in [0.1, 0.15) is 30.7 Å². The van der Waals surface area contributed by atoms with Crippen LogP contribution in [0.4, 0.5) is 0 Å². The smallest absolute Gasteiger partial charge is 0.322 e. The number of carboxylic acid groups (broad SMARTS) is 4. The van der Waals surface area contributed by atoms with Crippen LogP contribution in [0.2, 0.25) is 0 Å². The number of hydrogen-bond acceptors (Lipinski definition) is 12. The van der Waals surface area contributed by atoms with Gasteiger partial charge in [-0.1, -0.05) is 41.0 Å². The third-order valence-electron chi connectivity index (χ3n) is 8.19. The van der Waals surface area contributed by atoms with Gasteiger partial charge in [-0.05, 0) is 31.1 Å². The minimum atomic E-state index is -1.60. The number of hydrogen-bond donors (Lipinski definition) is 10. The van der Waals surface area contributed by atoms with Gasteiger partial charge in [0.05, 0.1) is 19.0 Å². The van der Waals surface area contributed by atoms with Crippen molar-refractivity contribution in [2.45, 2.75) is 117 Å². The summed E-state index contributed by atoms with van der Waals surface area (Å²) in [5, 5.41) is 50.1. The van der Waals surface area contributed by atoms with Crippen LogP contribution in [0.3, 0.4) is 0 Å². The summed E-state index contributed by atoms with van der Waals surface area (Å²) in [5.74, 6) is -14.9. The molecule has 0 aliphatic carbocycles. The topological polar surface area (TPSA) is 361 Å². The van der Waals surface area contributed by atoms with Gasteiger partial charge in [0, 0.05) is 26.3 Å². The zero-order chi connectivity index (χ0) is 44.9. The molecule has 5 atom stereocenters. The Kier molecular flexibility index (Phi) is 23.1. The minimum absolute atomic E-state index is 0.0530. The zero-order valence-electron chi connectivity index (χ0n) is 33.2. The van der Waals surface area contributed by atoms with E-state index in [4.69, 9.17) is 10.2 Å². The number of rotatable bonds is 28. The molecule has 0 aliphatic heterocycles. The van der Waals surface area contributed by atoms with E-state index in [1.165, 1.54) is 27.7 Å². The molecule has 0 fully saturated rings. The lowest BCUT2D eigenvalue weighted by Gasteiger charge is -2.32. The summed E-state index contributed by atoms with van der Waals surface area (Å²) in [6.45, 7) is 6.51. The van der Waals surface area contributed by atoms with E-state index < -0.39 is 158 Å². The molecular formula is C35H55N7O16. The van der Waals surface area contributed by atoms with Crippen LogP contribution in [0.25, 0.3) is 0 Å². The Labute approximate surface area is 333 Å². The van der Waals surface area contributed by atoms with Crippen LogP contribution in [0.1, 0.15) is 86.5 Å². The molecule has 0 unspecified atom stereocenters. The van der Waals surface area contributed by atoms with Crippen LogP contribution in [-0.4, -0.2) is 146 Å². The van der Waals surface area contributed by atoms with Gasteiger partial charge in [0.25, 0.3) is 5.91 Å². The molecule has 0 radical (unpaired) electrons. The van der Waals surface area contributed by atoms with Crippen LogP contribution in [0.15, 0.2) is 0 Å². The van der Waals surface area contributed by atoms with E-state index in [1.807, 2.05) is 5.32 Å². The largest absolute Gasteiger partial charge is 0.481 e. The first kappa shape index (κ1) is 51.8. The molecule has 10 N–H and O–H groups in total. The van der Waals surface area contributed by atoms with E-state index in [-0.39, 0.29) is 19.3 Å². The highest BCUT2D eigenvalue weighted by Gasteiger charge is 2.36. The second-order valence-corrected chi connectivity index (χ2v) is 13.9. The molecule has 58 heavy (non-hydrogen) atoms. The maximum Gasteiger partial charge on any atom is 0.322 e. The predicted molar refractivity (Wildman–Crippen MR) is 198 cm³/mol. The third kappa shape index (κ3) is 20.1. The second kappa shape index (κ2) is 25.9. The first-order valence-corrected chi connectivity index (χ1v) is 18.4. The summed E-state index contributed by atoms with van der Waals surface area (Å²) in [4.78, 5) is 149. The van der Waals surface area contributed by atoms with Crippen molar-refractivity contribution < 1.29 is 78.0 Å². The molecule has 0 aromatic rings. The summed E-state index contributed by atoms with van der Waals surface area (Å²) in [6.07, 6.45) is -2.45. The number of ketones is 1. The average molecular weight is 830 g/mol. The number of carbonyl (C=O) groups is 12. The SMILES string of the molecule is CCC[C@H](NC(=O)CN(CCC(=O)O)C(=O)[C@@H](NC(=O)[C@@H](NC(=O)[C@H](CCC(=O)O)NC(=O)[C@H](CCC(=O)O)NC(C)=O)C(C)C)C(C)C)C(=O)C(=O)NCC(=O)O. The van der Waals surface area contributed by atoms with Gasteiger partial charge in [-0.2, -0.15) is 0 Å². The quantitative estimate of drug-likeness (QED) is 0.0360. The zero-order valence-corrected chi connectivity index (χ0v) is 33.2. The summed E-state index contributed by atoms with van der Waals surface area (Å²) < 4.78 is 0. The van der Waals surface area contributed by atoms with Gasteiger partial charge in [0.2, 0.25) is 41.2 Å². The number of Topliss-reactive ketones (excluding diaryl/α,β-unsaturated/α-hetero) is 1. The Morgan fingerprint density at radius 1 is 0.552 bits per heavy atom. The van der Waals surface area contributed by atoms with Crippen LogP contribution in [0.5, 0.6) is 0 Å². The molecule has 0 spiro atoms. The molecule has 0 rings (SSSR count). The van der Waals surface area contributed by atoms with Crippen LogP contribution in [0, 0.1) is 11.8 Å². The van der Waals surface area contributed by atoms with Crippen LogP contribution < -0.4 is 31.9 Å². The van der Waals surface area contributed by atoms with Crippen molar-refractivity contribution in [3.8, 4) is 0 Å². The Balaban J connectivity index is 6.35. The Hall–Kier alpha value is -6.16. The molecule has 0 aliphatic rings. The highest BCUT2D eigenvalue weighted by molar-refractivity contribution is 6.38. The number of carboxylic acids is 4. The molecule has 0 aromatic heterocycles. The molecule has 7 amide bonds. The van der Waals surface area contributed by atoms with E-state index in [2.05, 4.69) is 26.6 Å². The van der Waals surface area contributed by atoms with E-state index in [9.17, 15) is 67.7 Å². The molecule has 0 aromatic carbocycles. The fraction of sp³-hybridized carbons (Fsp3) is 0.657. The van der Waals surface area contributed by atoms with E-state index in [0.29, 0.717) is 0 Å². The van der Waals surface area contributed by atoms with Crippen molar-refractivity contribution in [2.24, 2.45) is 11.8 Å². The van der Waals surface area contributed by atoms with Crippen molar-refractivity contribution in [2.75, 3.05) is 19.6 Å². The van der Waals surface area contributed by atoms with Crippen molar-refractivity contribution in [1.29, 1.82) is 0 Å². The van der Waals surface area contributed by atoms with Gasteiger partial charge >= 0.3 is 23.9 Å². The summed E-state index contributed by atoms with van der Waals surface area (Å²) >= 11 is 0. The molecular weight excluding hydrogens is 774 g/mol. The first-order chi connectivity index (χ1) is 26.9. The lowest BCUT2D eigenvalue weighted by Crippen LogP contribution is -2.60. The number of carbonyl (C=O) groups excluding carboxylic acids is 8. The standard InChI is InChI=1S/C35H55N7O16/c1-7-8-20(30(53)34(57)36-15-27(51)52)38-23(44)16-42(14-13-26(49)50)35(58)29(18(4)5)41-33(56)28(17(2)3)40-32(55)22(10-12-25(47)48)39-31(54)21(37-19(6)43)9-11-24(45)46/h17-18,20-22,28-29H,7-16H2,1-6H3,(H,36,57)(H,37,43)(H,38,44)(H,39,54)(H,40,55)(H,41,56)(H,45,46)(H,47,48)(H,49,50)(H,51,52)/t20-,21-,22-,28-,29-/m0/s1. The average Bonchev–Trinajstić information content (AvgIpc) is 3.11. The molecule has 0 heterocycles. The minimum Gasteiger partial charge on any atom is -0.481 e. The Morgan fingerprint density at radius 3 is 1.48 bits per heavy atom. The number of nitrogens with one attached hydrogen (secondary N) is 6. The fourth-order valence-corrected chi connectivity index (χ4v) is 5.20. The van der Waals surface area contributed by atoms with Crippen molar-refractivity contribution in [3.63, 3.8) is 0 Å². The maximum absolute atomic E-state index is 13.9. The normalized spacial score (nSPS) is 13.4. The first-order valence-electron chi connectivity index (χ1n) is 18.4. The fourth-order valence-electron chi connectivity index (χ4n) is 5.20. The molecule has 23 nitrogen and oxygen atoms in total. The van der Waals surface area contributed by atoms with Gasteiger partial charge in [-0.25, -0.2) is 0 Å². The number of aliphatic carboxylic acids is 4. The monoisotopic (exact) mass is 829 g/mol. The maximum atomic E-state index is 13.9. The summed E-state index contributed by atoms with van der Waals surface area (Å²) in [6, 6.07) is -7.32.